The van der Waals surface area contributed by atoms with Crippen molar-refractivity contribution in [3.05, 3.63) is 29.8 Å². The number of ether oxygens (including phenoxy) is 1. The number of nitrogens with one attached hydrogen (secondary N) is 2. The van der Waals surface area contributed by atoms with Crippen LogP contribution in [0.4, 0.5) is 0 Å². The molecule has 0 bridgehead atoms. The van der Waals surface area contributed by atoms with E-state index in [2.05, 4.69) is 36.6 Å². The lowest BCUT2D eigenvalue weighted by atomic mass is 10.2. The molecule has 0 unspecified atom stereocenters. The van der Waals surface area contributed by atoms with Crippen molar-refractivity contribution in [2.75, 3.05) is 20.2 Å². The van der Waals surface area contributed by atoms with E-state index in [4.69, 9.17) is 4.74 Å². The van der Waals surface area contributed by atoms with E-state index in [0.717, 1.165) is 18.8 Å². The van der Waals surface area contributed by atoms with Crippen molar-refractivity contribution in [2.45, 2.75) is 26.4 Å². The van der Waals surface area contributed by atoms with Crippen LogP contribution >= 0.6 is 0 Å². The second kappa shape index (κ2) is 7.25. The number of rotatable bonds is 7. The van der Waals surface area contributed by atoms with Crippen LogP contribution in [0.25, 0.3) is 0 Å². The second-order valence-corrected chi connectivity index (χ2v) is 4.13. The standard InChI is InChI=1S/C13H22N2O/c1-11(2)15-10-12-4-6-13(7-5-12)16-9-8-14-3/h4-7,11,14-15H,8-10H2,1-3H3. The Balaban J connectivity index is 2.35. The van der Waals surface area contributed by atoms with E-state index in [1.807, 2.05) is 19.2 Å². The van der Waals surface area contributed by atoms with Gasteiger partial charge in [0.2, 0.25) is 0 Å². The van der Waals surface area contributed by atoms with Gasteiger partial charge in [0.1, 0.15) is 12.4 Å². The van der Waals surface area contributed by atoms with Crippen LogP contribution in [0.15, 0.2) is 24.3 Å². The first-order chi connectivity index (χ1) is 7.72. The fourth-order valence-electron chi connectivity index (χ4n) is 1.30. The summed E-state index contributed by atoms with van der Waals surface area (Å²) in [6, 6.07) is 8.76. The lowest BCUT2D eigenvalue weighted by Gasteiger charge is -2.09. The molecular weight excluding hydrogens is 200 g/mol. The SMILES string of the molecule is CNCCOc1ccc(CNC(C)C)cc1. The Labute approximate surface area is 98.2 Å². The molecule has 16 heavy (non-hydrogen) atoms. The summed E-state index contributed by atoms with van der Waals surface area (Å²) in [7, 11) is 1.92. The summed E-state index contributed by atoms with van der Waals surface area (Å²) in [5.74, 6) is 0.934. The quantitative estimate of drug-likeness (QED) is 0.690. The molecule has 0 saturated carbocycles. The highest BCUT2D eigenvalue weighted by Crippen LogP contribution is 2.11. The number of hydrogen-bond donors (Lipinski definition) is 2. The maximum absolute atomic E-state index is 5.54. The van der Waals surface area contributed by atoms with Crippen LogP contribution < -0.4 is 15.4 Å². The highest BCUT2D eigenvalue weighted by atomic mass is 16.5. The zero-order valence-corrected chi connectivity index (χ0v) is 10.4. The molecule has 0 radical (unpaired) electrons. The van der Waals surface area contributed by atoms with Crippen molar-refractivity contribution in [1.82, 2.24) is 10.6 Å². The highest BCUT2D eigenvalue weighted by Gasteiger charge is 1.96. The van der Waals surface area contributed by atoms with Gasteiger partial charge in [0.15, 0.2) is 0 Å². The maximum Gasteiger partial charge on any atom is 0.119 e. The van der Waals surface area contributed by atoms with Crippen LogP contribution in [-0.4, -0.2) is 26.2 Å². The van der Waals surface area contributed by atoms with Crippen molar-refractivity contribution >= 4 is 0 Å². The Kier molecular flexibility index (Phi) is 5.90. The van der Waals surface area contributed by atoms with Crippen LogP contribution in [0.2, 0.25) is 0 Å². The number of benzene rings is 1. The fourth-order valence-corrected chi connectivity index (χ4v) is 1.30. The average molecular weight is 222 g/mol. The lowest BCUT2D eigenvalue weighted by molar-refractivity contribution is 0.318. The van der Waals surface area contributed by atoms with E-state index >= 15 is 0 Å². The molecule has 0 aliphatic carbocycles. The van der Waals surface area contributed by atoms with Gasteiger partial charge in [-0.05, 0) is 24.7 Å². The first-order valence-electron chi connectivity index (χ1n) is 5.82. The van der Waals surface area contributed by atoms with Crippen molar-refractivity contribution in [3.63, 3.8) is 0 Å². The third-order valence-electron chi connectivity index (χ3n) is 2.26. The van der Waals surface area contributed by atoms with Crippen molar-refractivity contribution < 1.29 is 4.74 Å². The summed E-state index contributed by atoms with van der Waals surface area (Å²) in [4.78, 5) is 0. The van der Waals surface area contributed by atoms with E-state index < -0.39 is 0 Å². The van der Waals surface area contributed by atoms with Crippen LogP contribution in [0.1, 0.15) is 19.4 Å². The molecule has 0 aromatic heterocycles. The molecule has 0 aliphatic rings. The smallest absolute Gasteiger partial charge is 0.119 e. The molecule has 0 atom stereocenters. The fraction of sp³-hybridized carbons (Fsp3) is 0.538. The van der Waals surface area contributed by atoms with E-state index in [1.165, 1.54) is 5.56 Å². The molecule has 0 amide bonds. The molecule has 3 nitrogen and oxygen atoms in total. The monoisotopic (exact) mass is 222 g/mol. The molecule has 0 heterocycles. The minimum absolute atomic E-state index is 0.520. The van der Waals surface area contributed by atoms with Gasteiger partial charge in [0, 0.05) is 19.1 Å². The van der Waals surface area contributed by atoms with Gasteiger partial charge in [-0.3, -0.25) is 0 Å². The normalized spacial score (nSPS) is 10.8. The van der Waals surface area contributed by atoms with E-state index in [-0.39, 0.29) is 0 Å². The van der Waals surface area contributed by atoms with Gasteiger partial charge < -0.3 is 15.4 Å². The Morgan fingerprint density at radius 2 is 1.88 bits per heavy atom. The topological polar surface area (TPSA) is 33.3 Å². The Morgan fingerprint density at radius 1 is 1.19 bits per heavy atom. The van der Waals surface area contributed by atoms with Crippen LogP contribution in [-0.2, 0) is 6.54 Å². The average Bonchev–Trinajstić information content (AvgIpc) is 2.28. The maximum atomic E-state index is 5.54. The van der Waals surface area contributed by atoms with E-state index in [1.54, 1.807) is 0 Å². The minimum atomic E-state index is 0.520. The Hall–Kier alpha value is -1.06. The van der Waals surface area contributed by atoms with E-state index in [9.17, 15) is 0 Å². The zero-order valence-electron chi connectivity index (χ0n) is 10.4. The Bertz CT molecular complexity index is 282. The summed E-state index contributed by atoms with van der Waals surface area (Å²) in [5.41, 5.74) is 1.29. The van der Waals surface area contributed by atoms with Crippen molar-refractivity contribution in [2.24, 2.45) is 0 Å². The van der Waals surface area contributed by atoms with Gasteiger partial charge in [0.05, 0.1) is 0 Å². The number of likely N-dealkylation sites (N-methyl/N-ethyl adjacent to an activating group) is 1. The molecule has 1 aromatic rings. The Morgan fingerprint density at radius 3 is 2.44 bits per heavy atom. The van der Waals surface area contributed by atoms with Crippen molar-refractivity contribution in [3.8, 4) is 5.75 Å². The molecule has 0 spiro atoms. The zero-order chi connectivity index (χ0) is 11.8. The summed E-state index contributed by atoms with van der Waals surface area (Å²) < 4.78 is 5.54. The first-order valence-corrected chi connectivity index (χ1v) is 5.82. The lowest BCUT2D eigenvalue weighted by Crippen LogP contribution is -2.21. The molecule has 3 heteroatoms. The summed E-state index contributed by atoms with van der Waals surface area (Å²) in [6.45, 7) is 6.79. The molecular formula is C13H22N2O. The van der Waals surface area contributed by atoms with Crippen LogP contribution in [0, 0.1) is 0 Å². The summed E-state index contributed by atoms with van der Waals surface area (Å²) in [6.07, 6.45) is 0. The van der Waals surface area contributed by atoms with Gasteiger partial charge >= 0.3 is 0 Å². The van der Waals surface area contributed by atoms with Crippen molar-refractivity contribution in [1.29, 1.82) is 0 Å². The van der Waals surface area contributed by atoms with Gasteiger partial charge in [-0.1, -0.05) is 26.0 Å². The first kappa shape index (κ1) is 13.0. The summed E-state index contributed by atoms with van der Waals surface area (Å²) in [5, 5.41) is 6.43. The van der Waals surface area contributed by atoms with E-state index in [0.29, 0.717) is 12.6 Å². The number of hydrogen-bond acceptors (Lipinski definition) is 3. The molecule has 1 rings (SSSR count). The molecule has 0 saturated heterocycles. The second-order valence-electron chi connectivity index (χ2n) is 4.13. The minimum Gasteiger partial charge on any atom is -0.492 e. The predicted molar refractivity (Wildman–Crippen MR) is 67.8 cm³/mol. The summed E-state index contributed by atoms with van der Waals surface area (Å²) >= 11 is 0. The molecule has 2 N–H and O–H groups in total. The third-order valence-corrected chi connectivity index (χ3v) is 2.26. The highest BCUT2D eigenvalue weighted by molar-refractivity contribution is 5.27. The molecule has 0 fully saturated rings. The van der Waals surface area contributed by atoms with Gasteiger partial charge in [-0.2, -0.15) is 0 Å². The van der Waals surface area contributed by atoms with Gasteiger partial charge in [-0.15, -0.1) is 0 Å². The van der Waals surface area contributed by atoms with Gasteiger partial charge in [-0.25, -0.2) is 0 Å². The molecule has 90 valence electrons. The third kappa shape index (κ3) is 5.14. The van der Waals surface area contributed by atoms with Gasteiger partial charge in [0.25, 0.3) is 0 Å². The van der Waals surface area contributed by atoms with Crippen LogP contribution in [0.3, 0.4) is 0 Å². The molecule has 1 aromatic carbocycles. The molecule has 0 aliphatic heterocycles. The predicted octanol–water partition coefficient (Wildman–Crippen LogP) is 1.78. The van der Waals surface area contributed by atoms with Crippen LogP contribution in [0.5, 0.6) is 5.75 Å². The largest absolute Gasteiger partial charge is 0.492 e.